The van der Waals surface area contributed by atoms with E-state index in [0.717, 1.165) is 19.3 Å². The van der Waals surface area contributed by atoms with E-state index in [1.807, 2.05) is 0 Å². The summed E-state index contributed by atoms with van der Waals surface area (Å²) < 4.78 is 41.7. The smallest absolute Gasteiger partial charge is 0.0968 e. The van der Waals surface area contributed by atoms with Gasteiger partial charge in [0.2, 0.25) is 0 Å². The molecule has 0 radical (unpaired) electrons. The molecule has 5 nitrogen and oxygen atoms in total. The van der Waals surface area contributed by atoms with Crippen molar-refractivity contribution in [3.05, 3.63) is 0 Å². The van der Waals surface area contributed by atoms with E-state index in [9.17, 15) is 13.0 Å². The van der Waals surface area contributed by atoms with Crippen molar-refractivity contribution >= 4 is 10.1 Å². The van der Waals surface area contributed by atoms with E-state index in [1.165, 1.54) is 0 Å². The Hall–Kier alpha value is -0.170. The highest BCUT2D eigenvalue weighted by Gasteiger charge is 2.41. The third kappa shape index (κ3) is 2.44. The Morgan fingerprint density at radius 1 is 1.43 bits per heavy atom. The largest absolute Gasteiger partial charge is 0.748 e. The van der Waals surface area contributed by atoms with E-state index < -0.39 is 15.9 Å². The van der Waals surface area contributed by atoms with E-state index >= 15 is 0 Å². The van der Waals surface area contributed by atoms with Crippen LogP contribution in [0.25, 0.3) is 0 Å². The van der Waals surface area contributed by atoms with Crippen LogP contribution in [0.15, 0.2) is 0 Å². The van der Waals surface area contributed by atoms with E-state index in [0.29, 0.717) is 0 Å². The van der Waals surface area contributed by atoms with E-state index in [1.54, 1.807) is 0 Å². The molecule has 0 amide bonds. The zero-order valence-corrected chi connectivity index (χ0v) is 8.53. The summed E-state index contributed by atoms with van der Waals surface area (Å²) >= 11 is 0. The maximum absolute atomic E-state index is 10.3. The predicted octanol–water partition coefficient (Wildman–Crippen LogP) is -0.132. The zero-order chi connectivity index (χ0) is 10.2. The summed E-state index contributed by atoms with van der Waals surface area (Å²) in [5.74, 6) is -0.444. The Kier molecular flexibility index (Phi) is 2.79. The molecule has 0 aromatic heterocycles. The second kappa shape index (κ2) is 3.77. The van der Waals surface area contributed by atoms with Crippen LogP contribution in [0.2, 0.25) is 0 Å². The molecule has 82 valence electrons. The molecule has 14 heavy (non-hydrogen) atoms. The molecular weight excluding hydrogens is 208 g/mol. The summed E-state index contributed by atoms with van der Waals surface area (Å²) in [6, 6.07) is 0. The van der Waals surface area contributed by atoms with Crippen molar-refractivity contribution in [2.24, 2.45) is 0 Å². The van der Waals surface area contributed by atoms with Crippen LogP contribution in [0, 0.1) is 0 Å². The van der Waals surface area contributed by atoms with Crippen molar-refractivity contribution in [2.45, 2.75) is 37.6 Å². The number of ether oxygens (including phenoxy) is 2. The van der Waals surface area contributed by atoms with Crippen molar-refractivity contribution in [1.29, 1.82) is 0 Å². The molecule has 0 spiro atoms. The number of fused-ring (bicyclic) bond motifs is 2. The fourth-order valence-corrected chi connectivity index (χ4v) is 2.37. The molecule has 6 heteroatoms. The highest BCUT2D eigenvalue weighted by Crippen LogP contribution is 2.35. The van der Waals surface area contributed by atoms with Crippen molar-refractivity contribution in [3.63, 3.8) is 0 Å². The van der Waals surface area contributed by atoms with Gasteiger partial charge in [-0.3, -0.25) is 0 Å². The fourth-order valence-electron chi connectivity index (χ4n) is 2.07. The highest BCUT2D eigenvalue weighted by molar-refractivity contribution is 7.85. The van der Waals surface area contributed by atoms with Crippen LogP contribution in [0.5, 0.6) is 0 Å². The van der Waals surface area contributed by atoms with Gasteiger partial charge in [0.25, 0.3) is 0 Å². The molecule has 0 saturated carbocycles. The summed E-state index contributed by atoms with van der Waals surface area (Å²) in [7, 11) is -4.14. The van der Waals surface area contributed by atoms with E-state index in [2.05, 4.69) is 0 Å². The molecule has 2 aliphatic rings. The minimum atomic E-state index is -4.14. The monoisotopic (exact) mass is 221 g/mol. The lowest BCUT2D eigenvalue weighted by Gasteiger charge is -2.19. The van der Waals surface area contributed by atoms with Gasteiger partial charge in [-0.1, -0.05) is 0 Å². The summed E-state index contributed by atoms with van der Waals surface area (Å²) in [5, 5.41) is 0. The van der Waals surface area contributed by atoms with Gasteiger partial charge in [0.15, 0.2) is 0 Å². The molecule has 2 fully saturated rings. The summed E-state index contributed by atoms with van der Waals surface area (Å²) in [5.41, 5.74) is 0. The fraction of sp³-hybridized carbons (Fsp3) is 1.00. The molecule has 0 aliphatic carbocycles. The lowest BCUT2D eigenvalue weighted by Crippen LogP contribution is -2.27. The first-order chi connectivity index (χ1) is 6.54. The third-order valence-electron chi connectivity index (χ3n) is 2.72. The number of rotatable bonds is 4. The van der Waals surface area contributed by atoms with Crippen LogP contribution in [-0.2, 0) is 19.6 Å². The van der Waals surface area contributed by atoms with E-state index in [-0.39, 0.29) is 24.9 Å². The number of hydrogen-bond acceptors (Lipinski definition) is 5. The minimum Gasteiger partial charge on any atom is -0.748 e. The van der Waals surface area contributed by atoms with Gasteiger partial charge in [0.05, 0.1) is 40.8 Å². The first kappa shape index (κ1) is 10.4. The van der Waals surface area contributed by atoms with Crippen LogP contribution in [0.3, 0.4) is 0 Å². The van der Waals surface area contributed by atoms with Gasteiger partial charge in [0, 0.05) is 6.42 Å². The quantitative estimate of drug-likeness (QED) is 0.618. The Morgan fingerprint density at radius 2 is 2.21 bits per heavy atom. The summed E-state index contributed by atoms with van der Waals surface area (Å²) in [6.45, 7) is -0.0108. The maximum atomic E-state index is 10.3. The molecule has 0 aromatic carbocycles. The molecule has 3 unspecified atom stereocenters. The van der Waals surface area contributed by atoms with Gasteiger partial charge in [-0.15, -0.1) is 0 Å². The van der Waals surface area contributed by atoms with Crippen molar-refractivity contribution in [1.82, 2.24) is 0 Å². The second-order valence-electron chi connectivity index (χ2n) is 3.78. The molecule has 2 heterocycles. The molecule has 3 atom stereocenters. The topological polar surface area (TPSA) is 75.7 Å². The van der Waals surface area contributed by atoms with Gasteiger partial charge in [-0.2, -0.15) is 0 Å². The maximum Gasteiger partial charge on any atom is 0.0968 e. The molecule has 2 rings (SSSR count). The predicted molar refractivity (Wildman–Crippen MR) is 46.8 cm³/mol. The van der Waals surface area contributed by atoms with Crippen LogP contribution < -0.4 is 0 Å². The van der Waals surface area contributed by atoms with Crippen molar-refractivity contribution < 1.29 is 22.4 Å². The first-order valence-corrected chi connectivity index (χ1v) is 6.33. The van der Waals surface area contributed by atoms with Crippen molar-refractivity contribution in [2.75, 3.05) is 12.4 Å². The van der Waals surface area contributed by atoms with Gasteiger partial charge >= 0.3 is 0 Å². The van der Waals surface area contributed by atoms with Crippen LogP contribution in [0.4, 0.5) is 0 Å². The molecule has 2 aliphatic heterocycles. The average molecular weight is 221 g/mol. The Balaban J connectivity index is 1.72. The Morgan fingerprint density at radius 3 is 2.71 bits per heavy atom. The normalized spacial score (nSPS) is 36.5. The molecule has 0 aromatic rings. The summed E-state index contributed by atoms with van der Waals surface area (Å²) in [6.07, 6.45) is 3.30. The van der Waals surface area contributed by atoms with Crippen LogP contribution in [0.1, 0.15) is 19.3 Å². The average Bonchev–Trinajstić information content (AvgIpc) is 2.62. The molecule has 2 saturated heterocycles. The Bertz CT molecular complexity index is 299. The van der Waals surface area contributed by atoms with Crippen LogP contribution in [-0.4, -0.2) is 43.6 Å². The molecular formula is C8H13O5S-. The lowest BCUT2D eigenvalue weighted by atomic mass is 9.98. The standard InChI is InChI=1S/C8H14O5S/c9-14(10,11)4-3-12-8-5-6-1-2-7(8)13-6/h6-8H,1-5H2,(H,9,10,11)/p-1. The minimum absolute atomic E-state index is 0.00417. The van der Waals surface area contributed by atoms with Crippen LogP contribution >= 0.6 is 0 Å². The van der Waals surface area contributed by atoms with Gasteiger partial charge in [-0.05, 0) is 12.8 Å². The highest BCUT2D eigenvalue weighted by atomic mass is 32.2. The van der Waals surface area contributed by atoms with Gasteiger partial charge in [-0.25, -0.2) is 8.42 Å². The molecule has 0 N–H and O–H groups in total. The first-order valence-electron chi connectivity index (χ1n) is 4.75. The molecule has 2 bridgehead atoms. The SMILES string of the molecule is O=S(=O)([O-])CCOC1CC2CCC1O2. The Labute approximate surface area is 83.1 Å². The third-order valence-corrected chi connectivity index (χ3v) is 3.38. The van der Waals surface area contributed by atoms with Crippen molar-refractivity contribution in [3.8, 4) is 0 Å². The second-order valence-corrected chi connectivity index (χ2v) is 5.30. The van der Waals surface area contributed by atoms with Gasteiger partial charge in [0.1, 0.15) is 0 Å². The van der Waals surface area contributed by atoms with E-state index in [4.69, 9.17) is 9.47 Å². The summed E-state index contributed by atoms with van der Waals surface area (Å²) in [4.78, 5) is 0. The zero-order valence-electron chi connectivity index (χ0n) is 7.72. The lowest BCUT2D eigenvalue weighted by molar-refractivity contribution is 0.00531. The van der Waals surface area contributed by atoms with Gasteiger partial charge < -0.3 is 14.0 Å². The number of hydrogen-bond donors (Lipinski definition) is 0.